The average molecular weight is 217 g/mol. The topological polar surface area (TPSA) is 42.2 Å². The number of rotatable bonds is 2. The van der Waals surface area contributed by atoms with E-state index in [9.17, 15) is 4.79 Å². The van der Waals surface area contributed by atoms with Gasteiger partial charge in [0.2, 0.25) is 0 Å². The molecule has 1 aromatic heterocycles. The van der Waals surface area contributed by atoms with Gasteiger partial charge in [0, 0.05) is 18.3 Å². The number of nitrogens with zero attached hydrogens (tertiary/aromatic N) is 1. The molecule has 16 heavy (non-hydrogen) atoms. The largest absolute Gasteiger partial charge is 0.478 e. The van der Waals surface area contributed by atoms with Crippen LogP contribution in [0, 0.1) is 0 Å². The van der Waals surface area contributed by atoms with Gasteiger partial charge in [0.1, 0.15) is 0 Å². The number of carboxylic acids is 1. The number of hydrogen-bond donors (Lipinski definition) is 1. The second kappa shape index (κ2) is 3.67. The van der Waals surface area contributed by atoms with Crippen LogP contribution >= 0.6 is 0 Å². The van der Waals surface area contributed by atoms with E-state index in [4.69, 9.17) is 5.11 Å². The number of aromatic carboxylic acids is 1. The van der Waals surface area contributed by atoms with E-state index in [1.165, 1.54) is 5.69 Å². The van der Waals surface area contributed by atoms with Crippen LogP contribution < -0.4 is 0 Å². The predicted molar refractivity (Wildman–Crippen MR) is 64.0 cm³/mol. The highest BCUT2D eigenvalue weighted by Gasteiger charge is 2.11. The fraction of sp³-hybridized carbons (Fsp3) is 0.308. The summed E-state index contributed by atoms with van der Waals surface area (Å²) in [7, 11) is 1.98. The lowest BCUT2D eigenvalue weighted by molar-refractivity contribution is 0.0697. The molecule has 0 bridgehead atoms. The molecule has 1 heterocycles. The maximum absolute atomic E-state index is 10.9. The zero-order chi connectivity index (χ0) is 11.9. The van der Waals surface area contributed by atoms with Gasteiger partial charge in [-0.2, -0.15) is 0 Å². The van der Waals surface area contributed by atoms with Gasteiger partial charge in [-0.3, -0.25) is 0 Å². The molecule has 2 rings (SSSR count). The maximum atomic E-state index is 10.9. The Morgan fingerprint density at radius 2 is 2.00 bits per heavy atom. The normalized spacial score (nSPS) is 11.2. The maximum Gasteiger partial charge on any atom is 0.335 e. The molecular formula is C13H15NO2. The molecule has 0 aliphatic heterocycles. The van der Waals surface area contributed by atoms with Crippen LogP contribution in [0.5, 0.6) is 0 Å². The predicted octanol–water partition coefficient (Wildman–Crippen LogP) is 3.00. The van der Waals surface area contributed by atoms with Crippen LogP contribution in [0.3, 0.4) is 0 Å². The highest BCUT2D eigenvalue weighted by molar-refractivity contribution is 5.93. The minimum Gasteiger partial charge on any atom is -0.478 e. The zero-order valence-electron chi connectivity index (χ0n) is 9.69. The molecule has 0 radical (unpaired) electrons. The summed E-state index contributed by atoms with van der Waals surface area (Å²) < 4.78 is 2.06. The highest BCUT2D eigenvalue weighted by Crippen LogP contribution is 2.25. The SMILES string of the molecule is CC(C)c1cc2ccc(C(=O)O)cc2n1C. The molecule has 3 heteroatoms. The Balaban J connectivity index is 2.69. The summed E-state index contributed by atoms with van der Waals surface area (Å²) in [6, 6.07) is 7.36. The van der Waals surface area contributed by atoms with Gasteiger partial charge < -0.3 is 9.67 Å². The van der Waals surface area contributed by atoms with Crippen molar-refractivity contribution in [2.75, 3.05) is 0 Å². The molecule has 0 atom stereocenters. The molecule has 0 saturated heterocycles. The number of aromatic nitrogens is 1. The third-order valence-electron chi connectivity index (χ3n) is 2.92. The summed E-state index contributed by atoms with van der Waals surface area (Å²) in [5.41, 5.74) is 2.53. The number of carbonyl (C=O) groups is 1. The number of hydrogen-bond acceptors (Lipinski definition) is 1. The summed E-state index contributed by atoms with van der Waals surface area (Å²) >= 11 is 0. The average Bonchev–Trinajstić information content (AvgIpc) is 2.56. The lowest BCUT2D eigenvalue weighted by atomic mass is 10.1. The summed E-state index contributed by atoms with van der Waals surface area (Å²) in [6.45, 7) is 4.26. The van der Waals surface area contributed by atoms with Crippen LogP contribution in [0.1, 0.15) is 35.8 Å². The smallest absolute Gasteiger partial charge is 0.335 e. The molecule has 1 N–H and O–H groups in total. The van der Waals surface area contributed by atoms with Gasteiger partial charge in [-0.25, -0.2) is 4.79 Å². The molecule has 0 spiro atoms. The van der Waals surface area contributed by atoms with Crippen molar-refractivity contribution in [3.63, 3.8) is 0 Å². The number of fused-ring (bicyclic) bond motifs is 1. The fourth-order valence-corrected chi connectivity index (χ4v) is 2.04. The lowest BCUT2D eigenvalue weighted by Crippen LogP contribution is -1.99. The van der Waals surface area contributed by atoms with Crippen LogP contribution in [0.2, 0.25) is 0 Å². The highest BCUT2D eigenvalue weighted by atomic mass is 16.4. The van der Waals surface area contributed by atoms with Gasteiger partial charge in [0.25, 0.3) is 0 Å². The molecule has 0 aliphatic rings. The Kier molecular flexibility index (Phi) is 2.46. The van der Waals surface area contributed by atoms with Crippen molar-refractivity contribution in [3.05, 3.63) is 35.5 Å². The van der Waals surface area contributed by atoms with Crippen LogP contribution in [-0.2, 0) is 7.05 Å². The van der Waals surface area contributed by atoms with E-state index in [-0.39, 0.29) is 0 Å². The molecule has 0 aliphatic carbocycles. The second-order valence-electron chi connectivity index (χ2n) is 4.36. The van der Waals surface area contributed by atoms with Gasteiger partial charge in [-0.05, 0) is 29.5 Å². The van der Waals surface area contributed by atoms with Crippen LogP contribution in [0.4, 0.5) is 0 Å². The van der Waals surface area contributed by atoms with Gasteiger partial charge in [0.15, 0.2) is 0 Å². The van der Waals surface area contributed by atoms with E-state index < -0.39 is 5.97 Å². The molecule has 1 aromatic carbocycles. The van der Waals surface area contributed by atoms with E-state index in [0.29, 0.717) is 11.5 Å². The van der Waals surface area contributed by atoms with E-state index in [2.05, 4.69) is 24.5 Å². The standard InChI is InChI=1S/C13H15NO2/c1-8(2)11-6-9-4-5-10(13(15)16)7-12(9)14(11)3/h4-8H,1-3H3,(H,15,16). The fourth-order valence-electron chi connectivity index (χ4n) is 2.04. The monoisotopic (exact) mass is 217 g/mol. The van der Waals surface area contributed by atoms with Gasteiger partial charge in [0.05, 0.1) is 5.56 Å². The third kappa shape index (κ3) is 1.58. The molecule has 0 amide bonds. The Morgan fingerprint density at radius 3 is 2.56 bits per heavy atom. The Hall–Kier alpha value is -1.77. The van der Waals surface area contributed by atoms with Crippen molar-refractivity contribution >= 4 is 16.9 Å². The number of carboxylic acid groups (broad SMARTS) is 1. The first-order valence-corrected chi connectivity index (χ1v) is 5.33. The molecule has 0 saturated carbocycles. The van der Waals surface area contributed by atoms with E-state index in [0.717, 1.165) is 10.9 Å². The Labute approximate surface area is 94.3 Å². The Morgan fingerprint density at radius 1 is 1.31 bits per heavy atom. The molecular weight excluding hydrogens is 202 g/mol. The van der Waals surface area contributed by atoms with Gasteiger partial charge in [-0.15, -0.1) is 0 Å². The van der Waals surface area contributed by atoms with Crippen LogP contribution in [0.25, 0.3) is 10.9 Å². The van der Waals surface area contributed by atoms with Gasteiger partial charge >= 0.3 is 5.97 Å². The first kappa shape index (κ1) is 10.7. The molecule has 3 nitrogen and oxygen atoms in total. The number of benzene rings is 1. The minimum atomic E-state index is -0.880. The van der Waals surface area contributed by atoms with Crippen molar-refractivity contribution in [1.29, 1.82) is 0 Å². The second-order valence-corrected chi connectivity index (χ2v) is 4.36. The van der Waals surface area contributed by atoms with E-state index >= 15 is 0 Å². The van der Waals surface area contributed by atoms with E-state index in [1.54, 1.807) is 12.1 Å². The molecule has 84 valence electrons. The Bertz CT molecular complexity index is 552. The van der Waals surface area contributed by atoms with Crippen molar-refractivity contribution in [3.8, 4) is 0 Å². The van der Waals surface area contributed by atoms with Crippen molar-refractivity contribution in [2.24, 2.45) is 7.05 Å². The van der Waals surface area contributed by atoms with E-state index in [1.807, 2.05) is 13.1 Å². The van der Waals surface area contributed by atoms with Gasteiger partial charge in [-0.1, -0.05) is 19.9 Å². The molecule has 2 aromatic rings. The number of aryl methyl sites for hydroxylation is 1. The van der Waals surface area contributed by atoms with Crippen LogP contribution in [-0.4, -0.2) is 15.6 Å². The zero-order valence-corrected chi connectivity index (χ0v) is 9.69. The quantitative estimate of drug-likeness (QED) is 0.840. The summed E-state index contributed by atoms with van der Waals surface area (Å²) in [5, 5.41) is 10.0. The first-order chi connectivity index (χ1) is 7.50. The third-order valence-corrected chi connectivity index (χ3v) is 2.92. The first-order valence-electron chi connectivity index (χ1n) is 5.33. The van der Waals surface area contributed by atoms with Crippen molar-refractivity contribution in [1.82, 2.24) is 4.57 Å². The summed E-state index contributed by atoms with van der Waals surface area (Å²) in [6.07, 6.45) is 0. The summed E-state index contributed by atoms with van der Waals surface area (Å²) in [4.78, 5) is 10.9. The van der Waals surface area contributed by atoms with Crippen LogP contribution in [0.15, 0.2) is 24.3 Å². The molecule has 0 unspecified atom stereocenters. The lowest BCUT2D eigenvalue weighted by Gasteiger charge is -2.06. The van der Waals surface area contributed by atoms with Crippen molar-refractivity contribution in [2.45, 2.75) is 19.8 Å². The minimum absolute atomic E-state index is 0.337. The van der Waals surface area contributed by atoms with Crippen molar-refractivity contribution < 1.29 is 9.90 Å². The molecule has 0 fully saturated rings. The summed E-state index contributed by atoms with van der Waals surface area (Å²) in [5.74, 6) is -0.445.